The minimum absolute atomic E-state index is 0.0461. The number of hydrogen-bond donors (Lipinski definition) is 1. The van der Waals surface area contributed by atoms with Crippen molar-refractivity contribution < 1.29 is 19.6 Å². The van der Waals surface area contributed by atoms with Crippen molar-refractivity contribution in [1.29, 1.82) is 0 Å². The van der Waals surface area contributed by atoms with Gasteiger partial charge in [0.1, 0.15) is 4.32 Å². The standard InChI is InChI=1S/C18H14N2O5S2/c1-25-14-9-13(20(23)24)7-12(16(14)21)8-15-17(22)19(18(26)27-15)10-11-5-3-2-4-6-11/h2-9,21H,10H2,1H3. The number of amides is 1. The Morgan fingerprint density at radius 3 is 2.67 bits per heavy atom. The van der Waals surface area contributed by atoms with E-state index in [2.05, 4.69) is 0 Å². The summed E-state index contributed by atoms with van der Waals surface area (Å²) in [5, 5.41) is 21.3. The van der Waals surface area contributed by atoms with E-state index in [0.717, 1.165) is 23.4 Å². The maximum absolute atomic E-state index is 12.7. The van der Waals surface area contributed by atoms with Gasteiger partial charge in [-0.25, -0.2) is 0 Å². The van der Waals surface area contributed by atoms with Crippen LogP contribution in [0.2, 0.25) is 0 Å². The van der Waals surface area contributed by atoms with Crippen molar-refractivity contribution in [3.63, 3.8) is 0 Å². The van der Waals surface area contributed by atoms with Gasteiger partial charge in [0.05, 0.1) is 29.5 Å². The molecule has 138 valence electrons. The molecule has 1 N–H and O–H groups in total. The van der Waals surface area contributed by atoms with E-state index in [1.807, 2.05) is 30.3 Å². The third kappa shape index (κ3) is 3.93. The van der Waals surface area contributed by atoms with E-state index in [1.54, 1.807) is 0 Å². The molecule has 1 heterocycles. The molecule has 1 amide bonds. The van der Waals surface area contributed by atoms with Gasteiger partial charge in [0.15, 0.2) is 11.5 Å². The molecule has 2 aromatic rings. The molecule has 1 aliphatic heterocycles. The van der Waals surface area contributed by atoms with Gasteiger partial charge >= 0.3 is 0 Å². The smallest absolute Gasteiger partial charge is 0.274 e. The lowest BCUT2D eigenvalue weighted by molar-refractivity contribution is -0.385. The molecule has 1 fully saturated rings. The molecule has 1 saturated heterocycles. The number of thioether (sulfide) groups is 1. The average Bonchev–Trinajstić information content (AvgIpc) is 2.91. The Kier molecular flexibility index (Phi) is 5.43. The van der Waals surface area contributed by atoms with E-state index in [1.165, 1.54) is 24.2 Å². The van der Waals surface area contributed by atoms with Gasteiger partial charge in [0.25, 0.3) is 11.6 Å². The van der Waals surface area contributed by atoms with Crippen LogP contribution in [0.5, 0.6) is 11.5 Å². The van der Waals surface area contributed by atoms with Crippen LogP contribution in [0.4, 0.5) is 5.69 Å². The van der Waals surface area contributed by atoms with Crippen LogP contribution in [0, 0.1) is 10.1 Å². The molecule has 1 aliphatic rings. The van der Waals surface area contributed by atoms with Gasteiger partial charge in [-0.05, 0) is 11.6 Å². The molecule has 3 rings (SSSR count). The predicted octanol–water partition coefficient (Wildman–Crippen LogP) is 3.71. The second kappa shape index (κ2) is 7.77. The minimum atomic E-state index is -0.597. The molecule has 0 aliphatic carbocycles. The molecule has 7 nitrogen and oxygen atoms in total. The average molecular weight is 402 g/mol. The zero-order valence-electron chi connectivity index (χ0n) is 14.1. The number of phenols is 1. The molecule has 0 radical (unpaired) electrons. The molecule has 0 atom stereocenters. The molecular formula is C18H14N2O5S2. The predicted molar refractivity (Wildman–Crippen MR) is 106 cm³/mol. The SMILES string of the molecule is COc1cc([N+](=O)[O-])cc(C=C2SC(=S)N(Cc3ccccc3)C2=O)c1O. The first kappa shape index (κ1) is 18.9. The molecule has 27 heavy (non-hydrogen) atoms. The zero-order chi connectivity index (χ0) is 19.6. The number of methoxy groups -OCH3 is 1. The highest BCUT2D eigenvalue weighted by Crippen LogP contribution is 2.39. The number of nitrogens with zero attached hydrogens (tertiary/aromatic N) is 2. The second-order valence-electron chi connectivity index (χ2n) is 5.60. The Hall–Kier alpha value is -2.91. The normalized spacial score (nSPS) is 15.4. The lowest BCUT2D eigenvalue weighted by Crippen LogP contribution is -2.27. The molecule has 2 aromatic carbocycles. The minimum Gasteiger partial charge on any atom is -0.504 e. The number of nitro benzene ring substituents is 1. The van der Waals surface area contributed by atoms with Crippen molar-refractivity contribution in [2.24, 2.45) is 0 Å². The lowest BCUT2D eigenvalue weighted by Gasteiger charge is -2.14. The quantitative estimate of drug-likeness (QED) is 0.353. The first-order valence-electron chi connectivity index (χ1n) is 7.75. The van der Waals surface area contributed by atoms with E-state index in [-0.39, 0.29) is 33.6 Å². The Morgan fingerprint density at radius 1 is 1.33 bits per heavy atom. The number of non-ortho nitro benzene ring substituents is 1. The van der Waals surface area contributed by atoms with Gasteiger partial charge in [0.2, 0.25) is 0 Å². The number of rotatable bonds is 5. The van der Waals surface area contributed by atoms with Gasteiger partial charge in [-0.3, -0.25) is 19.8 Å². The third-order valence-electron chi connectivity index (χ3n) is 3.86. The number of benzene rings is 2. The van der Waals surface area contributed by atoms with Gasteiger partial charge in [-0.15, -0.1) is 0 Å². The van der Waals surface area contributed by atoms with Crippen LogP contribution in [-0.4, -0.2) is 32.3 Å². The van der Waals surface area contributed by atoms with E-state index in [0.29, 0.717) is 10.9 Å². The van der Waals surface area contributed by atoms with Crippen LogP contribution in [0.15, 0.2) is 47.4 Å². The monoisotopic (exact) mass is 402 g/mol. The fraction of sp³-hybridized carbons (Fsp3) is 0.111. The van der Waals surface area contributed by atoms with Crippen LogP contribution in [0.3, 0.4) is 0 Å². The number of carbonyl (C=O) groups excluding carboxylic acids is 1. The maximum atomic E-state index is 12.7. The highest BCUT2D eigenvalue weighted by molar-refractivity contribution is 8.26. The van der Waals surface area contributed by atoms with Crippen LogP contribution >= 0.6 is 24.0 Å². The molecule has 0 spiro atoms. The first-order chi connectivity index (χ1) is 12.9. The van der Waals surface area contributed by atoms with Crippen molar-refractivity contribution in [3.05, 3.63) is 68.6 Å². The van der Waals surface area contributed by atoms with Gasteiger partial charge in [0, 0.05) is 11.6 Å². The number of carbonyl (C=O) groups is 1. The number of hydrogen-bond acceptors (Lipinski definition) is 7. The van der Waals surface area contributed by atoms with Crippen LogP contribution in [0.25, 0.3) is 6.08 Å². The topological polar surface area (TPSA) is 92.9 Å². The van der Waals surface area contributed by atoms with Crippen molar-refractivity contribution >= 4 is 46.0 Å². The first-order valence-corrected chi connectivity index (χ1v) is 8.98. The van der Waals surface area contributed by atoms with Crippen LogP contribution in [0.1, 0.15) is 11.1 Å². The number of phenolic OH excluding ortho intramolecular Hbond substituents is 1. The Morgan fingerprint density at radius 2 is 2.04 bits per heavy atom. The van der Waals surface area contributed by atoms with Crippen LogP contribution in [-0.2, 0) is 11.3 Å². The summed E-state index contributed by atoms with van der Waals surface area (Å²) in [7, 11) is 1.29. The fourth-order valence-corrected chi connectivity index (χ4v) is 3.77. The maximum Gasteiger partial charge on any atom is 0.274 e. The van der Waals surface area contributed by atoms with Crippen molar-refractivity contribution in [3.8, 4) is 11.5 Å². The Balaban J connectivity index is 1.94. The van der Waals surface area contributed by atoms with Crippen LogP contribution < -0.4 is 4.74 Å². The third-order valence-corrected chi connectivity index (χ3v) is 5.24. The summed E-state index contributed by atoms with van der Waals surface area (Å²) in [5.41, 5.74) is 0.784. The van der Waals surface area contributed by atoms with E-state index >= 15 is 0 Å². The summed E-state index contributed by atoms with van der Waals surface area (Å²) < 4.78 is 5.36. The second-order valence-corrected chi connectivity index (χ2v) is 7.27. The van der Waals surface area contributed by atoms with E-state index < -0.39 is 4.92 Å². The summed E-state index contributed by atoms with van der Waals surface area (Å²) in [6.45, 7) is 0.326. The number of nitro groups is 1. The highest BCUT2D eigenvalue weighted by Gasteiger charge is 2.32. The molecule has 0 unspecified atom stereocenters. The Labute approximate surface area is 164 Å². The molecule has 9 heteroatoms. The van der Waals surface area contributed by atoms with Crippen molar-refractivity contribution in [1.82, 2.24) is 4.90 Å². The number of aromatic hydroxyl groups is 1. The number of thiocarbonyl (C=S) groups is 1. The molecule has 0 bridgehead atoms. The fourth-order valence-electron chi connectivity index (χ4n) is 2.53. The van der Waals surface area contributed by atoms with E-state index in [4.69, 9.17) is 17.0 Å². The summed E-state index contributed by atoms with van der Waals surface area (Å²) in [4.78, 5) is 24.9. The summed E-state index contributed by atoms with van der Waals surface area (Å²) in [6.07, 6.45) is 1.38. The van der Waals surface area contributed by atoms with Gasteiger partial charge in [-0.1, -0.05) is 54.3 Å². The summed E-state index contributed by atoms with van der Waals surface area (Å²) >= 11 is 6.37. The summed E-state index contributed by atoms with van der Waals surface area (Å²) in [6, 6.07) is 11.7. The highest BCUT2D eigenvalue weighted by atomic mass is 32.2. The lowest BCUT2D eigenvalue weighted by atomic mass is 10.1. The molecular weight excluding hydrogens is 388 g/mol. The number of ether oxygens (including phenoxy) is 1. The zero-order valence-corrected chi connectivity index (χ0v) is 15.8. The Bertz CT molecular complexity index is 960. The van der Waals surface area contributed by atoms with Crippen molar-refractivity contribution in [2.45, 2.75) is 6.54 Å². The van der Waals surface area contributed by atoms with E-state index in [9.17, 15) is 20.0 Å². The van der Waals surface area contributed by atoms with Gasteiger partial charge < -0.3 is 9.84 Å². The summed E-state index contributed by atoms with van der Waals surface area (Å²) in [5.74, 6) is -0.648. The molecule has 0 saturated carbocycles. The molecule has 0 aromatic heterocycles. The van der Waals surface area contributed by atoms with Gasteiger partial charge in [-0.2, -0.15) is 0 Å². The largest absolute Gasteiger partial charge is 0.504 e. The van der Waals surface area contributed by atoms with Crippen molar-refractivity contribution in [2.75, 3.05) is 7.11 Å².